The minimum atomic E-state index is -3.94. The fourth-order valence-corrected chi connectivity index (χ4v) is 4.60. The Hall–Kier alpha value is -1.74. The number of anilines is 1. The highest BCUT2D eigenvalue weighted by Crippen LogP contribution is 2.19. The molecule has 0 spiro atoms. The predicted octanol–water partition coefficient (Wildman–Crippen LogP) is 2.36. The lowest BCUT2D eigenvalue weighted by Gasteiger charge is -2.36. The fourth-order valence-electron chi connectivity index (χ4n) is 3.15. The van der Waals surface area contributed by atoms with Gasteiger partial charge in [-0.2, -0.15) is 0 Å². The first-order valence-electron chi connectivity index (χ1n) is 8.71. The molecule has 1 aromatic carbocycles. The van der Waals surface area contributed by atoms with Gasteiger partial charge in [0.2, 0.25) is 10.0 Å². The summed E-state index contributed by atoms with van der Waals surface area (Å²) in [6.07, 6.45) is 1.77. The Labute approximate surface area is 164 Å². The maximum atomic E-state index is 13.9. The molecule has 1 atom stereocenters. The second kappa shape index (κ2) is 8.52. The van der Waals surface area contributed by atoms with E-state index in [0.717, 1.165) is 38.1 Å². The van der Waals surface area contributed by atoms with Crippen molar-refractivity contribution in [1.29, 1.82) is 0 Å². The van der Waals surface area contributed by atoms with Crippen molar-refractivity contribution in [3.05, 3.63) is 53.4 Å². The molecule has 0 radical (unpaired) electrons. The summed E-state index contributed by atoms with van der Waals surface area (Å²) in [5.74, 6) is 0.0929. The van der Waals surface area contributed by atoms with Gasteiger partial charge in [0.15, 0.2) is 0 Å². The van der Waals surface area contributed by atoms with Crippen molar-refractivity contribution in [2.45, 2.75) is 17.9 Å². The number of rotatable bonds is 6. The highest BCUT2D eigenvalue weighted by atomic mass is 35.5. The summed E-state index contributed by atoms with van der Waals surface area (Å²) in [6, 6.07) is 9.01. The number of pyridine rings is 1. The van der Waals surface area contributed by atoms with Gasteiger partial charge in [-0.15, -0.1) is 0 Å². The number of aromatic nitrogens is 1. The molecule has 1 aliphatic heterocycles. The van der Waals surface area contributed by atoms with Gasteiger partial charge in [-0.25, -0.2) is 22.5 Å². The van der Waals surface area contributed by atoms with Gasteiger partial charge in [-0.05, 0) is 37.3 Å². The molecule has 146 valence electrons. The van der Waals surface area contributed by atoms with Crippen LogP contribution < -0.4 is 9.62 Å². The lowest BCUT2D eigenvalue weighted by atomic mass is 10.2. The zero-order valence-corrected chi connectivity index (χ0v) is 16.5. The number of nitrogens with one attached hydrogen (secondary N) is 1. The Morgan fingerprint density at radius 1 is 1.22 bits per heavy atom. The molecule has 3 rings (SSSR count). The van der Waals surface area contributed by atoms with E-state index in [9.17, 15) is 12.8 Å². The van der Waals surface area contributed by atoms with E-state index in [1.54, 1.807) is 13.1 Å². The summed E-state index contributed by atoms with van der Waals surface area (Å²) in [7, 11) is -3.94. The van der Waals surface area contributed by atoms with Crippen LogP contribution in [-0.2, 0) is 10.0 Å². The minimum absolute atomic E-state index is 0.158. The molecule has 1 aliphatic rings. The van der Waals surface area contributed by atoms with Crippen molar-refractivity contribution in [3.63, 3.8) is 0 Å². The van der Waals surface area contributed by atoms with E-state index in [-0.39, 0.29) is 11.1 Å². The molecule has 0 bridgehead atoms. The first-order valence-corrected chi connectivity index (χ1v) is 10.6. The standard InChI is InChI=1S/C18H22ClFN4O2S/c1-14(22-27(25,26)17-6-5-15(19)12-16(17)20)13-23-8-10-24(11-9-23)18-4-2-3-7-21-18/h2-7,12,14,22H,8-11,13H2,1H3. The van der Waals surface area contributed by atoms with Crippen LogP contribution in [0.25, 0.3) is 0 Å². The molecule has 1 fully saturated rings. The second-order valence-corrected chi connectivity index (χ2v) is 8.69. The Kier molecular flexibility index (Phi) is 6.31. The van der Waals surface area contributed by atoms with Crippen molar-refractivity contribution in [2.75, 3.05) is 37.6 Å². The van der Waals surface area contributed by atoms with Crippen molar-refractivity contribution >= 4 is 27.4 Å². The summed E-state index contributed by atoms with van der Waals surface area (Å²) in [4.78, 5) is 8.35. The smallest absolute Gasteiger partial charge is 0.243 e. The van der Waals surface area contributed by atoms with Gasteiger partial charge in [0, 0.05) is 50.0 Å². The molecule has 0 amide bonds. The number of hydrogen-bond donors (Lipinski definition) is 1. The molecular formula is C18H22ClFN4O2S. The Morgan fingerprint density at radius 3 is 2.59 bits per heavy atom. The lowest BCUT2D eigenvalue weighted by Crippen LogP contribution is -2.51. The van der Waals surface area contributed by atoms with Crippen LogP contribution in [0.15, 0.2) is 47.5 Å². The van der Waals surface area contributed by atoms with E-state index in [1.807, 2.05) is 18.2 Å². The van der Waals surface area contributed by atoms with E-state index in [0.29, 0.717) is 6.54 Å². The average molecular weight is 413 g/mol. The van der Waals surface area contributed by atoms with E-state index < -0.39 is 20.7 Å². The van der Waals surface area contributed by atoms with Crippen LogP contribution in [0.1, 0.15) is 6.92 Å². The van der Waals surface area contributed by atoms with Crippen molar-refractivity contribution in [3.8, 4) is 0 Å². The van der Waals surface area contributed by atoms with Crippen molar-refractivity contribution < 1.29 is 12.8 Å². The highest BCUT2D eigenvalue weighted by molar-refractivity contribution is 7.89. The molecule has 1 unspecified atom stereocenters. The summed E-state index contributed by atoms with van der Waals surface area (Å²) in [6.45, 7) is 5.57. The van der Waals surface area contributed by atoms with Crippen LogP contribution in [0.3, 0.4) is 0 Å². The van der Waals surface area contributed by atoms with Crippen molar-refractivity contribution in [1.82, 2.24) is 14.6 Å². The maximum Gasteiger partial charge on any atom is 0.243 e. The molecule has 27 heavy (non-hydrogen) atoms. The van der Waals surface area contributed by atoms with E-state index in [2.05, 4.69) is 19.5 Å². The van der Waals surface area contributed by atoms with E-state index in [1.165, 1.54) is 12.1 Å². The SMILES string of the molecule is CC(CN1CCN(c2ccccn2)CC1)NS(=O)(=O)c1ccc(Cl)cc1F. The average Bonchev–Trinajstić information content (AvgIpc) is 2.62. The first-order chi connectivity index (χ1) is 12.8. The number of piperazine rings is 1. The normalized spacial score (nSPS) is 17.1. The molecule has 9 heteroatoms. The first kappa shape index (κ1) is 20.0. The molecule has 2 aromatic rings. The van der Waals surface area contributed by atoms with Crippen LogP contribution in [0, 0.1) is 5.82 Å². The number of hydrogen-bond acceptors (Lipinski definition) is 5. The molecule has 1 N–H and O–H groups in total. The Morgan fingerprint density at radius 2 is 1.96 bits per heavy atom. The quantitative estimate of drug-likeness (QED) is 0.789. The molecule has 1 saturated heterocycles. The number of sulfonamides is 1. The van der Waals surface area contributed by atoms with Gasteiger partial charge < -0.3 is 4.90 Å². The lowest BCUT2D eigenvalue weighted by molar-refractivity contribution is 0.241. The van der Waals surface area contributed by atoms with E-state index in [4.69, 9.17) is 11.6 Å². The third kappa shape index (κ3) is 5.16. The zero-order chi connectivity index (χ0) is 19.4. The largest absolute Gasteiger partial charge is 0.354 e. The van der Waals surface area contributed by atoms with Crippen LogP contribution in [-0.4, -0.2) is 57.1 Å². The van der Waals surface area contributed by atoms with Gasteiger partial charge in [-0.3, -0.25) is 4.90 Å². The van der Waals surface area contributed by atoms with Gasteiger partial charge in [0.05, 0.1) is 0 Å². The second-order valence-electron chi connectivity index (χ2n) is 6.57. The third-order valence-electron chi connectivity index (χ3n) is 4.42. The molecule has 1 aromatic heterocycles. The fraction of sp³-hybridized carbons (Fsp3) is 0.389. The van der Waals surface area contributed by atoms with Gasteiger partial charge in [0.25, 0.3) is 0 Å². The van der Waals surface area contributed by atoms with Gasteiger partial charge in [0.1, 0.15) is 16.5 Å². The molecule has 6 nitrogen and oxygen atoms in total. The van der Waals surface area contributed by atoms with Crippen LogP contribution >= 0.6 is 11.6 Å². The summed E-state index contributed by atoms with van der Waals surface area (Å²) in [5.41, 5.74) is 0. The monoisotopic (exact) mass is 412 g/mol. The third-order valence-corrected chi connectivity index (χ3v) is 6.28. The van der Waals surface area contributed by atoms with Crippen LogP contribution in [0.4, 0.5) is 10.2 Å². The summed E-state index contributed by atoms with van der Waals surface area (Å²) < 4.78 is 41.3. The van der Waals surface area contributed by atoms with E-state index >= 15 is 0 Å². The van der Waals surface area contributed by atoms with Crippen LogP contribution in [0.5, 0.6) is 0 Å². The minimum Gasteiger partial charge on any atom is -0.354 e. The van der Waals surface area contributed by atoms with Crippen LogP contribution in [0.2, 0.25) is 5.02 Å². The predicted molar refractivity (Wildman–Crippen MR) is 104 cm³/mol. The highest BCUT2D eigenvalue weighted by Gasteiger charge is 2.24. The number of nitrogens with zero attached hydrogens (tertiary/aromatic N) is 3. The zero-order valence-electron chi connectivity index (χ0n) is 15.0. The van der Waals surface area contributed by atoms with Gasteiger partial charge in [-0.1, -0.05) is 17.7 Å². The number of halogens is 2. The summed E-state index contributed by atoms with van der Waals surface area (Å²) in [5, 5.41) is 0.158. The molecule has 0 saturated carbocycles. The maximum absolute atomic E-state index is 13.9. The molecular weight excluding hydrogens is 391 g/mol. The molecule has 2 heterocycles. The van der Waals surface area contributed by atoms with Gasteiger partial charge >= 0.3 is 0 Å². The Balaban J connectivity index is 1.54. The molecule has 0 aliphatic carbocycles. The van der Waals surface area contributed by atoms with Crippen molar-refractivity contribution in [2.24, 2.45) is 0 Å². The summed E-state index contributed by atoms with van der Waals surface area (Å²) >= 11 is 5.69. The Bertz CT molecular complexity index is 874. The topological polar surface area (TPSA) is 65.5 Å². The number of benzene rings is 1.